The van der Waals surface area contributed by atoms with Gasteiger partial charge in [0.2, 0.25) is 35.4 Å². The van der Waals surface area contributed by atoms with Crippen LogP contribution < -0.4 is 43.4 Å². The molecule has 1 heterocycles. The molecule has 12 N–H and O–H groups in total. The Morgan fingerprint density at radius 3 is 2.07 bits per heavy atom. The number of aromatic nitrogens is 1. The van der Waals surface area contributed by atoms with Crippen LogP contribution in [0.1, 0.15) is 96.8 Å². The summed E-state index contributed by atoms with van der Waals surface area (Å²) in [5.41, 5.74) is 14.2. The molecular weight excluding hydrogens is 849 g/mol. The number of carbonyl (C=O) groups excluding carboxylic acids is 6. The smallest absolute Gasteiger partial charge is 0.248 e. The van der Waals surface area contributed by atoms with E-state index in [0.717, 1.165) is 27.6 Å². The number of rotatable bonds is 22. The summed E-state index contributed by atoms with van der Waals surface area (Å²) in [5, 5.41) is 26.0. The van der Waals surface area contributed by atoms with E-state index >= 15 is 0 Å². The molecule has 1 fully saturated rings. The van der Waals surface area contributed by atoms with Crippen LogP contribution in [0.5, 0.6) is 0 Å². The van der Waals surface area contributed by atoms with Crippen LogP contribution in [0, 0.1) is 5.41 Å². The van der Waals surface area contributed by atoms with Crippen LogP contribution in [0.3, 0.4) is 0 Å². The first-order valence-electron chi connectivity index (χ1n) is 22.9. The third-order valence-corrected chi connectivity index (χ3v) is 12.3. The van der Waals surface area contributed by atoms with Gasteiger partial charge in [-0.05, 0) is 91.3 Å². The molecule has 0 radical (unpaired) electrons. The monoisotopic (exact) mass is 910 g/mol. The average Bonchev–Trinajstić information content (AvgIpc) is 3.74. The zero-order valence-corrected chi connectivity index (χ0v) is 37.9. The van der Waals surface area contributed by atoms with Gasteiger partial charge < -0.3 is 48.4 Å². The van der Waals surface area contributed by atoms with Crippen molar-refractivity contribution in [3.8, 4) is 0 Å². The Labute approximate surface area is 390 Å². The number of benzene rings is 4. The summed E-state index contributed by atoms with van der Waals surface area (Å²) < 4.78 is 0. The van der Waals surface area contributed by atoms with E-state index < -0.39 is 53.2 Å². The third kappa shape index (κ3) is 13.8. The molecule has 352 valence electrons. The Hall–Kier alpha value is -7.49. The highest BCUT2D eigenvalue weighted by Crippen LogP contribution is 2.38. The lowest BCUT2D eigenvalue weighted by Crippen LogP contribution is -2.64. The second kappa shape index (κ2) is 23.6. The number of carbonyl (C=O) groups is 6. The normalized spacial score (nSPS) is 16.9. The fourth-order valence-electron chi connectivity index (χ4n) is 8.71. The summed E-state index contributed by atoms with van der Waals surface area (Å²) in [6.45, 7) is 2.14. The van der Waals surface area contributed by atoms with Gasteiger partial charge in [-0.2, -0.15) is 0 Å². The zero-order chi connectivity index (χ0) is 47.8. The lowest BCUT2D eigenvalue weighted by Gasteiger charge is -2.40. The number of amides is 6. The van der Waals surface area contributed by atoms with Crippen molar-refractivity contribution in [2.45, 2.75) is 107 Å². The Morgan fingerprint density at radius 1 is 0.731 bits per heavy atom. The summed E-state index contributed by atoms with van der Waals surface area (Å²) in [5.74, 6) is -3.22. The Morgan fingerprint density at radius 2 is 1.37 bits per heavy atom. The largest absolute Gasteiger partial charge is 0.370 e. The van der Waals surface area contributed by atoms with Gasteiger partial charge >= 0.3 is 0 Å². The van der Waals surface area contributed by atoms with Crippen LogP contribution in [-0.2, 0) is 43.4 Å². The maximum absolute atomic E-state index is 14.7. The van der Waals surface area contributed by atoms with E-state index in [2.05, 4.69) is 49.0 Å². The van der Waals surface area contributed by atoms with Crippen molar-refractivity contribution in [2.24, 2.45) is 11.5 Å². The number of H-pyrrole nitrogens is 1. The van der Waals surface area contributed by atoms with Crippen molar-refractivity contribution in [1.82, 2.24) is 36.9 Å². The number of hydrogen-bond acceptors (Lipinski definition) is 7. The Balaban J connectivity index is 1.26. The van der Waals surface area contributed by atoms with Gasteiger partial charge in [-0.25, -0.2) is 0 Å². The van der Waals surface area contributed by atoms with Crippen molar-refractivity contribution in [2.75, 3.05) is 6.54 Å². The van der Waals surface area contributed by atoms with Gasteiger partial charge in [0.05, 0.1) is 0 Å². The van der Waals surface area contributed by atoms with E-state index in [1.165, 1.54) is 0 Å². The minimum absolute atomic E-state index is 0.0330. The molecule has 4 aromatic carbocycles. The van der Waals surface area contributed by atoms with Crippen molar-refractivity contribution < 1.29 is 28.8 Å². The molecule has 6 amide bonds. The molecule has 1 aromatic heterocycles. The fourth-order valence-corrected chi connectivity index (χ4v) is 8.71. The minimum atomic E-state index is -1.27. The quantitative estimate of drug-likeness (QED) is 0.0274. The number of nitrogens with one attached hydrogen (secondary N) is 8. The molecular formula is C51H62N10O6. The van der Waals surface area contributed by atoms with Crippen LogP contribution in [0.4, 0.5) is 0 Å². The number of hydrogen-bond donors (Lipinski definition) is 10. The standard InChI is InChI=1S/C51H62N10O6/c1-2-13-44(62)61-51(25-23-36(24-26-51)35-17-7-4-8-18-35)49(67)60-42(29-33-14-5-3-6-15-33)48(66)58-41(22-12-27-55-50(53)54)47(65)59-43(30-38-32-56-40-21-10-9-20-39(38)40)46(64)57-31-34-16-11-19-37(28-34)45(52)63/h3-11,14-21,28,32,36,41-43,56H,2,12-13,22-27,29-31H2,1H3,(H2,52,63)(H,57,64)(H,58,66)(H,59,65)(H,60,67)(H,61,62)(H4,53,54,55)/t36-,41-,42+,43-,51+/m0/s1. The average molecular weight is 911 g/mol. The van der Waals surface area contributed by atoms with Crippen LogP contribution >= 0.6 is 0 Å². The van der Waals surface area contributed by atoms with E-state index in [4.69, 9.17) is 16.9 Å². The van der Waals surface area contributed by atoms with Gasteiger partial charge in [-0.15, -0.1) is 0 Å². The van der Waals surface area contributed by atoms with Gasteiger partial charge in [-0.3, -0.25) is 34.2 Å². The van der Waals surface area contributed by atoms with Crippen LogP contribution in [-0.4, -0.2) is 76.6 Å². The first-order valence-corrected chi connectivity index (χ1v) is 22.9. The molecule has 0 aliphatic heterocycles. The molecule has 0 spiro atoms. The van der Waals surface area contributed by atoms with Gasteiger partial charge in [0.15, 0.2) is 5.96 Å². The van der Waals surface area contributed by atoms with Gasteiger partial charge in [0.1, 0.15) is 23.7 Å². The van der Waals surface area contributed by atoms with Gasteiger partial charge in [-0.1, -0.05) is 97.9 Å². The molecule has 0 saturated heterocycles. The number of guanidine groups is 1. The molecule has 0 unspecified atom stereocenters. The molecule has 0 bridgehead atoms. The number of fused-ring (bicyclic) bond motifs is 1. The van der Waals surface area contributed by atoms with E-state index in [-0.39, 0.29) is 62.1 Å². The van der Waals surface area contributed by atoms with E-state index in [9.17, 15) is 28.8 Å². The molecule has 1 saturated carbocycles. The Kier molecular flexibility index (Phi) is 17.3. The third-order valence-electron chi connectivity index (χ3n) is 12.3. The van der Waals surface area contributed by atoms with E-state index in [1.807, 2.05) is 79.7 Å². The number of primary amides is 1. The van der Waals surface area contributed by atoms with Crippen LogP contribution in [0.25, 0.3) is 10.9 Å². The zero-order valence-electron chi connectivity index (χ0n) is 37.9. The van der Waals surface area contributed by atoms with Crippen LogP contribution in [0.2, 0.25) is 0 Å². The second-order valence-corrected chi connectivity index (χ2v) is 17.2. The summed E-state index contributed by atoms with van der Waals surface area (Å²) in [6.07, 6.45) is 5.14. The summed E-state index contributed by atoms with van der Waals surface area (Å²) in [7, 11) is 0. The number of aromatic amines is 1. The molecule has 3 atom stereocenters. The first kappa shape index (κ1) is 49.0. The highest BCUT2D eigenvalue weighted by atomic mass is 16.2. The van der Waals surface area contributed by atoms with Gasteiger partial charge in [0.25, 0.3) is 0 Å². The summed E-state index contributed by atoms with van der Waals surface area (Å²) in [6, 6.07) is 29.9. The summed E-state index contributed by atoms with van der Waals surface area (Å²) >= 11 is 0. The fraction of sp³-hybridized carbons (Fsp3) is 0.353. The molecule has 16 nitrogen and oxygen atoms in total. The van der Waals surface area contributed by atoms with Crippen molar-refractivity contribution >= 4 is 52.3 Å². The topological polar surface area (TPSA) is 266 Å². The number of para-hydroxylation sites is 1. The van der Waals surface area contributed by atoms with Crippen molar-refractivity contribution in [3.63, 3.8) is 0 Å². The summed E-state index contributed by atoms with van der Waals surface area (Å²) in [4.78, 5) is 86.3. The SMILES string of the molecule is CCCC(=O)N[C@]1(C(=O)N[C@H](Cc2ccccc2)C(=O)N[C@@H](CCCNC(=N)N)C(=O)N[C@@H](Cc2c[nH]c3ccccc23)C(=O)NCc2cccc(C(N)=O)c2)CC[C@H](c2ccccc2)CC1. The molecule has 67 heavy (non-hydrogen) atoms. The molecule has 5 aromatic rings. The molecule has 16 heteroatoms. The van der Waals surface area contributed by atoms with Crippen molar-refractivity contribution in [1.29, 1.82) is 5.41 Å². The molecule has 1 aliphatic rings. The highest BCUT2D eigenvalue weighted by molar-refractivity contribution is 5.97. The predicted molar refractivity (Wildman–Crippen MR) is 257 cm³/mol. The predicted octanol–water partition coefficient (Wildman–Crippen LogP) is 4.10. The first-order chi connectivity index (χ1) is 32.3. The molecule has 6 rings (SSSR count). The van der Waals surface area contributed by atoms with Crippen molar-refractivity contribution in [3.05, 3.63) is 143 Å². The van der Waals surface area contributed by atoms with Crippen LogP contribution in [0.15, 0.2) is 115 Å². The van der Waals surface area contributed by atoms with E-state index in [0.29, 0.717) is 44.1 Å². The molecule has 1 aliphatic carbocycles. The lowest BCUT2D eigenvalue weighted by molar-refractivity contribution is -0.138. The van der Waals surface area contributed by atoms with Gasteiger partial charge in [0, 0.05) is 55.0 Å². The maximum Gasteiger partial charge on any atom is 0.248 e. The maximum atomic E-state index is 14.7. The lowest BCUT2D eigenvalue weighted by atomic mass is 9.73. The second-order valence-electron chi connectivity index (χ2n) is 17.2. The Bertz CT molecular complexity index is 2500. The minimum Gasteiger partial charge on any atom is -0.370 e. The number of nitrogens with two attached hydrogens (primary N) is 2. The van der Waals surface area contributed by atoms with E-state index in [1.54, 1.807) is 30.5 Å². The highest BCUT2D eigenvalue weighted by Gasteiger charge is 2.44.